The zero-order chi connectivity index (χ0) is 17.1. The average Bonchev–Trinajstić information content (AvgIpc) is 2.35. The minimum atomic E-state index is -1.28. The number of hydrogen-bond acceptors (Lipinski definition) is 3. The number of nitrogens with zero attached hydrogens (tertiary/aromatic N) is 1. The Morgan fingerprint density at radius 1 is 1.36 bits per heavy atom. The summed E-state index contributed by atoms with van der Waals surface area (Å²) in [4.78, 5) is 36.8. The molecule has 1 heterocycles. The molecule has 0 radical (unpaired) electrons. The second-order valence-corrected chi connectivity index (χ2v) is 6.83. The zero-order valence-corrected chi connectivity index (χ0v) is 13.6. The summed E-state index contributed by atoms with van der Waals surface area (Å²) in [5.74, 6) is -0.963. The lowest BCUT2D eigenvalue weighted by molar-refractivity contribution is -0.136. The van der Waals surface area contributed by atoms with Crippen LogP contribution < -0.4 is 10.6 Å². The van der Waals surface area contributed by atoms with E-state index in [9.17, 15) is 19.5 Å². The molecule has 0 bridgehead atoms. The molecule has 1 aliphatic heterocycles. The molecule has 0 aromatic rings. The van der Waals surface area contributed by atoms with Crippen LogP contribution in [0.25, 0.3) is 0 Å². The lowest BCUT2D eigenvalue weighted by Gasteiger charge is -2.44. The predicted octanol–water partition coefficient (Wildman–Crippen LogP) is 0.962. The van der Waals surface area contributed by atoms with Crippen molar-refractivity contribution in [1.29, 1.82) is 0 Å². The molecular formula is C15H25N3O4. The summed E-state index contributed by atoms with van der Waals surface area (Å²) in [6, 6.07) is 0. The van der Waals surface area contributed by atoms with Crippen molar-refractivity contribution in [3.05, 3.63) is 12.7 Å². The van der Waals surface area contributed by atoms with Gasteiger partial charge in [-0.25, -0.2) is 4.79 Å². The van der Waals surface area contributed by atoms with Gasteiger partial charge < -0.3 is 20.6 Å². The highest BCUT2D eigenvalue weighted by Crippen LogP contribution is 2.28. The highest BCUT2D eigenvalue weighted by atomic mass is 16.4. The van der Waals surface area contributed by atoms with E-state index in [1.54, 1.807) is 6.08 Å². The van der Waals surface area contributed by atoms with Crippen molar-refractivity contribution in [2.24, 2.45) is 5.92 Å². The molecule has 2 atom stereocenters. The first-order chi connectivity index (χ1) is 9.99. The van der Waals surface area contributed by atoms with E-state index in [2.05, 4.69) is 17.2 Å². The topological polar surface area (TPSA) is 98.7 Å². The van der Waals surface area contributed by atoms with Crippen LogP contribution in [0, 0.1) is 5.92 Å². The minimum absolute atomic E-state index is 0.0752. The first kappa shape index (κ1) is 18.0. The van der Waals surface area contributed by atoms with Gasteiger partial charge in [-0.05, 0) is 33.1 Å². The standard InChI is InChI=1S/C15H25N3O4/c1-6-11-7-15(16-10(2)19,9-18(8-11)13(21)22)12(20)17-14(3,4)5/h6,11H,1,7-9H2,2-5H3,(H,16,19)(H,17,20)(H,21,22)/t11-,15+/m0/s1. The minimum Gasteiger partial charge on any atom is -0.465 e. The molecule has 0 aromatic heterocycles. The molecule has 22 heavy (non-hydrogen) atoms. The molecule has 7 nitrogen and oxygen atoms in total. The van der Waals surface area contributed by atoms with Gasteiger partial charge in [-0.2, -0.15) is 0 Å². The fourth-order valence-electron chi connectivity index (χ4n) is 2.66. The van der Waals surface area contributed by atoms with E-state index in [1.807, 2.05) is 20.8 Å². The second-order valence-electron chi connectivity index (χ2n) is 6.83. The number of carboxylic acid groups (broad SMARTS) is 1. The van der Waals surface area contributed by atoms with Crippen LogP contribution in [-0.2, 0) is 9.59 Å². The molecule has 7 heteroatoms. The fourth-order valence-corrected chi connectivity index (χ4v) is 2.66. The molecule has 0 aliphatic carbocycles. The van der Waals surface area contributed by atoms with E-state index >= 15 is 0 Å². The molecule has 124 valence electrons. The van der Waals surface area contributed by atoms with Gasteiger partial charge in [0.2, 0.25) is 11.8 Å². The van der Waals surface area contributed by atoms with Crippen molar-refractivity contribution in [3.63, 3.8) is 0 Å². The lowest BCUT2D eigenvalue weighted by atomic mass is 9.81. The van der Waals surface area contributed by atoms with E-state index in [-0.39, 0.29) is 30.8 Å². The third kappa shape index (κ3) is 4.47. The maximum absolute atomic E-state index is 12.7. The zero-order valence-electron chi connectivity index (χ0n) is 13.6. The molecule has 1 fully saturated rings. The normalized spacial score (nSPS) is 25.3. The molecular weight excluding hydrogens is 286 g/mol. The van der Waals surface area contributed by atoms with Crippen molar-refractivity contribution in [2.75, 3.05) is 13.1 Å². The Kier molecular flexibility index (Phi) is 5.22. The number of amides is 3. The maximum Gasteiger partial charge on any atom is 0.407 e. The van der Waals surface area contributed by atoms with Crippen molar-refractivity contribution in [1.82, 2.24) is 15.5 Å². The van der Waals surface area contributed by atoms with Crippen LogP contribution in [0.3, 0.4) is 0 Å². The highest BCUT2D eigenvalue weighted by Gasteiger charge is 2.47. The summed E-state index contributed by atoms with van der Waals surface area (Å²) < 4.78 is 0. The van der Waals surface area contributed by atoms with Crippen molar-refractivity contribution >= 4 is 17.9 Å². The van der Waals surface area contributed by atoms with Crippen molar-refractivity contribution in [3.8, 4) is 0 Å². The van der Waals surface area contributed by atoms with Gasteiger partial charge in [0.05, 0.1) is 6.54 Å². The van der Waals surface area contributed by atoms with Crippen molar-refractivity contribution < 1.29 is 19.5 Å². The Morgan fingerprint density at radius 2 is 1.95 bits per heavy atom. The van der Waals surface area contributed by atoms with Crippen LogP contribution in [0.15, 0.2) is 12.7 Å². The summed E-state index contributed by atoms with van der Waals surface area (Å²) in [5.41, 5.74) is -1.77. The Bertz CT molecular complexity index is 484. The van der Waals surface area contributed by atoms with Gasteiger partial charge in [-0.3, -0.25) is 9.59 Å². The third-order valence-corrected chi connectivity index (χ3v) is 3.47. The van der Waals surface area contributed by atoms with E-state index in [4.69, 9.17) is 0 Å². The van der Waals surface area contributed by atoms with Crippen LogP contribution in [0.2, 0.25) is 0 Å². The summed E-state index contributed by atoms with van der Waals surface area (Å²) in [5, 5.41) is 14.8. The SMILES string of the molecule is C=C[C@@H]1CN(C(=O)O)C[C@@](NC(C)=O)(C(=O)NC(C)(C)C)C1. The number of hydrogen-bond donors (Lipinski definition) is 3. The molecule has 1 saturated heterocycles. The van der Waals surface area contributed by atoms with E-state index in [1.165, 1.54) is 6.92 Å². The Hall–Kier alpha value is -2.05. The summed E-state index contributed by atoms with van der Waals surface area (Å²) >= 11 is 0. The highest BCUT2D eigenvalue weighted by molar-refractivity contribution is 5.92. The van der Waals surface area contributed by atoms with Crippen LogP contribution in [0.5, 0.6) is 0 Å². The summed E-state index contributed by atoms with van der Waals surface area (Å²) in [6.07, 6.45) is 0.822. The summed E-state index contributed by atoms with van der Waals surface area (Å²) in [6.45, 7) is 10.7. The Labute approximate surface area is 130 Å². The van der Waals surface area contributed by atoms with Crippen LogP contribution in [0.1, 0.15) is 34.1 Å². The number of carbonyl (C=O) groups is 3. The number of nitrogens with one attached hydrogen (secondary N) is 2. The van der Waals surface area contributed by atoms with Crippen LogP contribution in [0.4, 0.5) is 4.79 Å². The van der Waals surface area contributed by atoms with Gasteiger partial charge in [0, 0.05) is 19.0 Å². The van der Waals surface area contributed by atoms with Gasteiger partial charge in [0.15, 0.2) is 0 Å². The quantitative estimate of drug-likeness (QED) is 0.676. The fraction of sp³-hybridized carbons (Fsp3) is 0.667. The molecule has 3 amide bonds. The predicted molar refractivity (Wildman–Crippen MR) is 82.3 cm³/mol. The lowest BCUT2D eigenvalue weighted by Crippen LogP contribution is -2.69. The number of rotatable bonds is 3. The van der Waals surface area contributed by atoms with Gasteiger partial charge in [0.25, 0.3) is 0 Å². The molecule has 1 rings (SSSR count). The molecule has 0 aromatic carbocycles. The Balaban J connectivity index is 3.17. The molecule has 3 N–H and O–H groups in total. The first-order valence-electron chi connectivity index (χ1n) is 7.21. The van der Waals surface area contributed by atoms with Crippen LogP contribution in [-0.4, -0.2) is 52.1 Å². The first-order valence-corrected chi connectivity index (χ1v) is 7.21. The van der Waals surface area contributed by atoms with Crippen molar-refractivity contribution in [2.45, 2.75) is 45.2 Å². The van der Waals surface area contributed by atoms with Gasteiger partial charge in [-0.1, -0.05) is 6.08 Å². The maximum atomic E-state index is 12.7. The van der Waals surface area contributed by atoms with E-state index in [0.717, 1.165) is 4.90 Å². The second kappa shape index (κ2) is 6.37. The monoisotopic (exact) mass is 311 g/mol. The number of piperidine rings is 1. The number of likely N-dealkylation sites (tertiary alicyclic amines) is 1. The van der Waals surface area contributed by atoms with Crippen LogP contribution >= 0.6 is 0 Å². The smallest absolute Gasteiger partial charge is 0.407 e. The van der Waals surface area contributed by atoms with E-state index in [0.29, 0.717) is 6.42 Å². The molecule has 0 unspecified atom stereocenters. The molecule has 0 spiro atoms. The molecule has 0 saturated carbocycles. The van der Waals surface area contributed by atoms with E-state index < -0.39 is 17.2 Å². The largest absolute Gasteiger partial charge is 0.465 e. The number of carbonyl (C=O) groups excluding carboxylic acids is 2. The third-order valence-electron chi connectivity index (χ3n) is 3.47. The van der Waals surface area contributed by atoms with Gasteiger partial charge in [0.1, 0.15) is 5.54 Å². The summed E-state index contributed by atoms with van der Waals surface area (Å²) in [7, 11) is 0. The van der Waals surface area contributed by atoms with Gasteiger partial charge in [-0.15, -0.1) is 6.58 Å². The molecule has 1 aliphatic rings. The average molecular weight is 311 g/mol. The van der Waals surface area contributed by atoms with Gasteiger partial charge >= 0.3 is 6.09 Å². The Morgan fingerprint density at radius 3 is 2.36 bits per heavy atom.